The number of fused-ring (bicyclic) bond motifs is 2. The highest BCUT2D eigenvalue weighted by Gasteiger charge is 2.11. The molecule has 5 nitrogen and oxygen atoms in total. The summed E-state index contributed by atoms with van der Waals surface area (Å²) in [5.41, 5.74) is 1.59. The number of hydrogen-bond donors (Lipinski definition) is 0. The normalized spacial score (nSPS) is 12.0. The van der Waals surface area contributed by atoms with E-state index in [-0.39, 0.29) is 5.91 Å². The Bertz CT molecular complexity index is 1240. The number of methoxy groups -OCH3 is 1. The molecular weight excluding hydrogens is 384 g/mol. The van der Waals surface area contributed by atoms with Crippen LogP contribution in [-0.2, 0) is 11.3 Å². The Hall–Kier alpha value is -2.96. The fourth-order valence-corrected chi connectivity index (χ4v) is 4.34. The second-order valence-corrected chi connectivity index (χ2v) is 7.55. The second-order valence-electron chi connectivity index (χ2n) is 6.55. The van der Waals surface area contributed by atoms with E-state index >= 15 is 0 Å². The molecule has 0 aliphatic rings. The molecule has 0 fully saturated rings. The van der Waals surface area contributed by atoms with Gasteiger partial charge in [0.05, 0.1) is 23.9 Å². The van der Waals surface area contributed by atoms with Gasteiger partial charge >= 0.3 is 0 Å². The second kappa shape index (κ2) is 8.59. The van der Waals surface area contributed by atoms with Gasteiger partial charge in [0, 0.05) is 18.7 Å². The van der Waals surface area contributed by atoms with Crippen molar-refractivity contribution in [3.8, 4) is 5.75 Å². The van der Waals surface area contributed by atoms with E-state index in [2.05, 4.69) is 4.99 Å². The summed E-state index contributed by atoms with van der Waals surface area (Å²) in [6.45, 7) is 3.81. The molecular formula is C23H22N2O3S. The predicted octanol–water partition coefficient (Wildman–Crippen LogP) is 4.64. The molecule has 1 amide bonds. The van der Waals surface area contributed by atoms with Gasteiger partial charge in [0.15, 0.2) is 4.80 Å². The maximum absolute atomic E-state index is 12.9. The lowest BCUT2D eigenvalue weighted by atomic mass is 10.1. The molecule has 3 aromatic carbocycles. The van der Waals surface area contributed by atoms with Crippen LogP contribution in [0.15, 0.2) is 65.7 Å². The molecule has 1 aromatic heterocycles. The molecule has 148 valence electrons. The van der Waals surface area contributed by atoms with Gasteiger partial charge in [0.25, 0.3) is 5.91 Å². The van der Waals surface area contributed by atoms with Crippen LogP contribution in [0.5, 0.6) is 5.75 Å². The number of rotatable bonds is 6. The van der Waals surface area contributed by atoms with Crippen molar-refractivity contribution in [3.05, 3.63) is 71.0 Å². The van der Waals surface area contributed by atoms with Crippen LogP contribution in [0, 0.1) is 0 Å². The average molecular weight is 407 g/mol. The van der Waals surface area contributed by atoms with Gasteiger partial charge in [0.2, 0.25) is 0 Å². The SMILES string of the molecule is CCOCCn1c(=NC(=O)c2ccc3ccccc3c2)sc2cc(OC)ccc21. The van der Waals surface area contributed by atoms with E-state index < -0.39 is 0 Å². The Balaban J connectivity index is 1.77. The van der Waals surface area contributed by atoms with Crippen molar-refractivity contribution in [2.24, 2.45) is 4.99 Å². The molecule has 0 aliphatic carbocycles. The van der Waals surface area contributed by atoms with Crippen molar-refractivity contribution in [1.29, 1.82) is 0 Å². The molecule has 0 saturated heterocycles. The Morgan fingerprint density at radius 2 is 1.90 bits per heavy atom. The zero-order valence-electron chi connectivity index (χ0n) is 16.4. The Morgan fingerprint density at radius 1 is 1.07 bits per heavy atom. The molecule has 4 aromatic rings. The summed E-state index contributed by atoms with van der Waals surface area (Å²) in [5, 5.41) is 2.13. The van der Waals surface area contributed by atoms with Crippen molar-refractivity contribution >= 4 is 38.2 Å². The number of aromatic nitrogens is 1. The van der Waals surface area contributed by atoms with E-state index in [4.69, 9.17) is 9.47 Å². The Labute approximate surface area is 172 Å². The van der Waals surface area contributed by atoms with Gasteiger partial charge in [-0.3, -0.25) is 4.79 Å². The lowest BCUT2D eigenvalue weighted by molar-refractivity contribution is 0.0997. The molecule has 0 radical (unpaired) electrons. The van der Waals surface area contributed by atoms with Gasteiger partial charge in [0.1, 0.15) is 5.75 Å². The van der Waals surface area contributed by atoms with E-state index in [1.54, 1.807) is 7.11 Å². The van der Waals surface area contributed by atoms with Crippen molar-refractivity contribution in [3.63, 3.8) is 0 Å². The minimum absolute atomic E-state index is 0.251. The molecule has 1 heterocycles. The van der Waals surface area contributed by atoms with E-state index in [0.29, 0.717) is 30.1 Å². The quantitative estimate of drug-likeness (QED) is 0.438. The van der Waals surface area contributed by atoms with E-state index in [9.17, 15) is 4.79 Å². The monoisotopic (exact) mass is 406 g/mol. The minimum Gasteiger partial charge on any atom is -0.497 e. The first kappa shape index (κ1) is 19.4. The summed E-state index contributed by atoms with van der Waals surface area (Å²) in [7, 11) is 1.65. The number of benzene rings is 3. The van der Waals surface area contributed by atoms with Gasteiger partial charge in [-0.2, -0.15) is 4.99 Å². The highest BCUT2D eigenvalue weighted by Crippen LogP contribution is 2.23. The number of carbonyl (C=O) groups is 1. The topological polar surface area (TPSA) is 52.8 Å². The summed E-state index contributed by atoms with van der Waals surface area (Å²) in [6, 6.07) is 19.5. The molecule has 0 spiro atoms. The van der Waals surface area contributed by atoms with Crippen molar-refractivity contribution < 1.29 is 14.3 Å². The standard InChI is InChI=1S/C23H22N2O3S/c1-3-28-13-12-25-20-11-10-19(27-2)15-21(20)29-23(25)24-22(26)18-9-8-16-6-4-5-7-17(16)14-18/h4-11,14-15H,3,12-13H2,1-2H3. The third-order valence-corrected chi connectivity index (χ3v) is 5.79. The lowest BCUT2D eigenvalue weighted by Gasteiger charge is -2.06. The molecule has 0 aliphatic heterocycles. The number of ether oxygens (including phenoxy) is 2. The van der Waals surface area contributed by atoms with Crippen LogP contribution >= 0.6 is 11.3 Å². The summed E-state index contributed by atoms with van der Waals surface area (Å²) >= 11 is 1.48. The molecule has 0 saturated carbocycles. The van der Waals surface area contributed by atoms with Gasteiger partial charge in [-0.05, 0) is 48.0 Å². The zero-order valence-corrected chi connectivity index (χ0v) is 17.2. The van der Waals surface area contributed by atoms with Crippen molar-refractivity contribution in [2.45, 2.75) is 13.5 Å². The van der Waals surface area contributed by atoms with E-state index in [1.165, 1.54) is 11.3 Å². The lowest BCUT2D eigenvalue weighted by Crippen LogP contribution is -2.19. The fraction of sp³-hybridized carbons (Fsp3) is 0.217. The van der Waals surface area contributed by atoms with E-state index in [0.717, 1.165) is 26.7 Å². The van der Waals surface area contributed by atoms with Crippen LogP contribution < -0.4 is 9.54 Å². The summed E-state index contributed by atoms with van der Waals surface area (Å²) in [6.07, 6.45) is 0. The molecule has 0 N–H and O–H groups in total. The Kier molecular flexibility index (Phi) is 5.74. The summed E-state index contributed by atoms with van der Waals surface area (Å²) in [4.78, 5) is 18.0. The number of nitrogens with zero attached hydrogens (tertiary/aromatic N) is 2. The molecule has 0 atom stereocenters. The van der Waals surface area contributed by atoms with Crippen LogP contribution in [0.1, 0.15) is 17.3 Å². The first-order chi connectivity index (χ1) is 14.2. The van der Waals surface area contributed by atoms with Crippen LogP contribution in [0.4, 0.5) is 0 Å². The number of amides is 1. The summed E-state index contributed by atoms with van der Waals surface area (Å²) in [5.74, 6) is 0.530. The maximum Gasteiger partial charge on any atom is 0.279 e. The van der Waals surface area contributed by atoms with E-state index in [1.807, 2.05) is 72.2 Å². The van der Waals surface area contributed by atoms with Gasteiger partial charge in [-0.1, -0.05) is 41.7 Å². The third-order valence-electron chi connectivity index (χ3n) is 4.75. The maximum atomic E-state index is 12.9. The number of hydrogen-bond acceptors (Lipinski definition) is 4. The largest absolute Gasteiger partial charge is 0.497 e. The number of carbonyl (C=O) groups excluding carboxylic acids is 1. The van der Waals surface area contributed by atoms with Gasteiger partial charge < -0.3 is 14.0 Å². The predicted molar refractivity (Wildman–Crippen MR) is 117 cm³/mol. The Morgan fingerprint density at radius 3 is 2.69 bits per heavy atom. The molecule has 6 heteroatoms. The molecule has 0 bridgehead atoms. The van der Waals surface area contributed by atoms with Crippen LogP contribution in [0.2, 0.25) is 0 Å². The third kappa shape index (κ3) is 4.09. The fourth-order valence-electron chi connectivity index (χ4n) is 3.26. The average Bonchev–Trinajstić information content (AvgIpc) is 3.09. The van der Waals surface area contributed by atoms with Gasteiger partial charge in [-0.15, -0.1) is 0 Å². The van der Waals surface area contributed by atoms with Crippen LogP contribution in [0.25, 0.3) is 21.0 Å². The molecule has 29 heavy (non-hydrogen) atoms. The van der Waals surface area contributed by atoms with Crippen molar-refractivity contribution in [2.75, 3.05) is 20.3 Å². The van der Waals surface area contributed by atoms with Crippen LogP contribution in [-0.4, -0.2) is 30.8 Å². The van der Waals surface area contributed by atoms with Gasteiger partial charge in [-0.25, -0.2) is 0 Å². The highest BCUT2D eigenvalue weighted by atomic mass is 32.1. The van der Waals surface area contributed by atoms with Crippen LogP contribution in [0.3, 0.4) is 0 Å². The highest BCUT2D eigenvalue weighted by molar-refractivity contribution is 7.16. The molecule has 4 rings (SSSR count). The number of thiazole rings is 1. The summed E-state index contributed by atoms with van der Waals surface area (Å²) < 4.78 is 13.9. The zero-order chi connectivity index (χ0) is 20.2. The first-order valence-electron chi connectivity index (χ1n) is 9.52. The smallest absolute Gasteiger partial charge is 0.279 e. The molecule has 0 unspecified atom stereocenters. The van der Waals surface area contributed by atoms with Crippen molar-refractivity contribution in [1.82, 2.24) is 4.57 Å². The minimum atomic E-state index is -0.251. The first-order valence-corrected chi connectivity index (χ1v) is 10.3.